The third-order valence-corrected chi connectivity index (χ3v) is 3.05. The molecule has 0 fully saturated rings. The Morgan fingerprint density at radius 2 is 1.93 bits per heavy atom. The molecule has 0 heterocycles. The van der Waals surface area contributed by atoms with Gasteiger partial charge in [0.2, 0.25) is 0 Å². The fourth-order valence-corrected chi connectivity index (χ4v) is 2.22. The fraction of sp³-hybridized carbons (Fsp3) is 0.455. The third-order valence-electron chi connectivity index (χ3n) is 2.40. The Balaban J connectivity index is 2.90. The van der Waals surface area contributed by atoms with Crippen LogP contribution in [-0.4, -0.2) is 0 Å². The highest BCUT2D eigenvalue weighted by Crippen LogP contribution is 2.32. The summed E-state index contributed by atoms with van der Waals surface area (Å²) in [6.07, 6.45) is 3.16. The Labute approximate surface area is 101 Å². The summed E-state index contributed by atoms with van der Waals surface area (Å²) in [4.78, 5) is 0. The molecule has 0 spiro atoms. The predicted octanol–water partition coefficient (Wildman–Crippen LogP) is 3.69. The number of hydrogen-bond acceptors (Lipinski definition) is 2. The summed E-state index contributed by atoms with van der Waals surface area (Å²) in [5.74, 6) is 5.52. The van der Waals surface area contributed by atoms with Crippen LogP contribution in [-0.2, 0) is 0 Å². The Hall–Kier alpha value is -0.280. The Morgan fingerprint density at radius 3 is 2.40 bits per heavy atom. The molecule has 1 aromatic carbocycles. The highest BCUT2D eigenvalue weighted by Gasteiger charge is 2.15. The molecule has 3 N–H and O–H groups in total. The maximum Gasteiger partial charge on any atom is 0.0489 e. The highest BCUT2D eigenvalue weighted by molar-refractivity contribution is 6.36. The molecule has 0 amide bonds. The van der Waals surface area contributed by atoms with E-state index < -0.39 is 0 Å². The van der Waals surface area contributed by atoms with E-state index in [9.17, 15) is 0 Å². The van der Waals surface area contributed by atoms with Gasteiger partial charge in [-0.05, 0) is 18.6 Å². The van der Waals surface area contributed by atoms with Crippen molar-refractivity contribution in [3.63, 3.8) is 0 Å². The zero-order chi connectivity index (χ0) is 11.3. The maximum atomic E-state index is 6.10. The van der Waals surface area contributed by atoms with Crippen molar-refractivity contribution >= 4 is 23.2 Å². The molecule has 15 heavy (non-hydrogen) atoms. The van der Waals surface area contributed by atoms with Crippen LogP contribution >= 0.6 is 23.2 Å². The Bertz CT molecular complexity index is 295. The topological polar surface area (TPSA) is 38.0 Å². The average Bonchev–Trinajstić information content (AvgIpc) is 2.22. The molecule has 1 unspecified atom stereocenters. The van der Waals surface area contributed by atoms with Crippen LogP contribution in [0.15, 0.2) is 18.2 Å². The van der Waals surface area contributed by atoms with Crippen molar-refractivity contribution in [3.8, 4) is 0 Å². The molecule has 1 atom stereocenters. The molecule has 4 heteroatoms. The summed E-state index contributed by atoms with van der Waals surface area (Å²) >= 11 is 12.2. The minimum atomic E-state index is 0.0335. The average molecular weight is 247 g/mol. The van der Waals surface area contributed by atoms with Gasteiger partial charge in [-0.15, -0.1) is 0 Å². The lowest BCUT2D eigenvalue weighted by Crippen LogP contribution is -2.28. The van der Waals surface area contributed by atoms with Gasteiger partial charge in [-0.1, -0.05) is 49.0 Å². The van der Waals surface area contributed by atoms with E-state index in [-0.39, 0.29) is 6.04 Å². The van der Waals surface area contributed by atoms with Gasteiger partial charge in [0.05, 0.1) is 0 Å². The molecule has 2 nitrogen and oxygen atoms in total. The van der Waals surface area contributed by atoms with Crippen LogP contribution in [0, 0.1) is 0 Å². The van der Waals surface area contributed by atoms with Crippen LogP contribution in [0.25, 0.3) is 0 Å². The van der Waals surface area contributed by atoms with Crippen LogP contribution in [0.5, 0.6) is 0 Å². The first-order valence-electron chi connectivity index (χ1n) is 5.10. The highest BCUT2D eigenvalue weighted by atomic mass is 35.5. The quantitative estimate of drug-likeness (QED) is 0.615. The van der Waals surface area contributed by atoms with Crippen molar-refractivity contribution in [1.82, 2.24) is 5.43 Å². The van der Waals surface area contributed by atoms with Crippen LogP contribution in [0.2, 0.25) is 10.0 Å². The number of unbranched alkanes of at least 4 members (excludes halogenated alkanes) is 1. The maximum absolute atomic E-state index is 6.10. The van der Waals surface area contributed by atoms with Gasteiger partial charge in [0.25, 0.3) is 0 Å². The number of rotatable bonds is 5. The summed E-state index contributed by atoms with van der Waals surface area (Å²) in [6.45, 7) is 2.14. The van der Waals surface area contributed by atoms with E-state index in [1.54, 1.807) is 0 Å². The summed E-state index contributed by atoms with van der Waals surface area (Å²) in [5, 5.41) is 1.34. The zero-order valence-corrected chi connectivity index (χ0v) is 10.3. The van der Waals surface area contributed by atoms with E-state index >= 15 is 0 Å². The fourth-order valence-electron chi connectivity index (χ4n) is 1.56. The molecule has 0 aromatic heterocycles. The van der Waals surface area contributed by atoms with E-state index in [2.05, 4.69) is 12.3 Å². The van der Waals surface area contributed by atoms with Crippen LogP contribution < -0.4 is 11.3 Å². The van der Waals surface area contributed by atoms with Gasteiger partial charge in [0, 0.05) is 21.7 Å². The predicted molar refractivity (Wildman–Crippen MR) is 66.1 cm³/mol. The van der Waals surface area contributed by atoms with Crippen LogP contribution in [0.4, 0.5) is 0 Å². The number of nitrogens with two attached hydrogens (primary N) is 1. The SMILES string of the molecule is CCCCC(NN)c1c(Cl)cccc1Cl. The van der Waals surface area contributed by atoms with Crippen molar-refractivity contribution in [2.24, 2.45) is 5.84 Å². The minimum Gasteiger partial charge on any atom is -0.271 e. The summed E-state index contributed by atoms with van der Waals surface area (Å²) in [7, 11) is 0. The second kappa shape index (κ2) is 6.33. The molecular weight excluding hydrogens is 231 g/mol. The van der Waals surface area contributed by atoms with E-state index in [1.807, 2.05) is 18.2 Å². The van der Waals surface area contributed by atoms with Gasteiger partial charge in [-0.25, -0.2) is 0 Å². The molecule has 0 radical (unpaired) electrons. The molecule has 0 saturated carbocycles. The lowest BCUT2D eigenvalue weighted by Gasteiger charge is -2.18. The summed E-state index contributed by atoms with van der Waals surface area (Å²) < 4.78 is 0. The van der Waals surface area contributed by atoms with Gasteiger partial charge >= 0.3 is 0 Å². The second-order valence-electron chi connectivity index (χ2n) is 3.50. The third kappa shape index (κ3) is 3.35. The van der Waals surface area contributed by atoms with E-state index in [1.165, 1.54) is 0 Å². The smallest absolute Gasteiger partial charge is 0.0489 e. The molecule has 0 aliphatic heterocycles. The Morgan fingerprint density at radius 1 is 1.33 bits per heavy atom. The van der Waals surface area contributed by atoms with Crippen molar-refractivity contribution < 1.29 is 0 Å². The molecule has 0 aliphatic rings. The van der Waals surface area contributed by atoms with E-state index in [0.717, 1.165) is 24.8 Å². The molecular formula is C11H16Cl2N2. The first-order chi connectivity index (χ1) is 7.20. The normalized spacial score (nSPS) is 12.8. The molecule has 1 aromatic rings. The summed E-state index contributed by atoms with van der Waals surface area (Å²) in [6, 6.07) is 5.53. The van der Waals surface area contributed by atoms with Crippen LogP contribution in [0.1, 0.15) is 37.8 Å². The lowest BCUT2D eigenvalue weighted by molar-refractivity contribution is 0.495. The largest absolute Gasteiger partial charge is 0.271 e. The van der Waals surface area contributed by atoms with Gasteiger partial charge in [0.1, 0.15) is 0 Å². The van der Waals surface area contributed by atoms with Crippen molar-refractivity contribution in [2.45, 2.75) is 32.2 Å². The molecule has 0 aliphatic carbocycles. The zero-order valence-electron chi connectivity index (χ0n) is 8.76. The van der Waals surface area contributed by atoms with Gasteiger partial charge < -0.3 is 0 Å². The standard InChI is InChI=1S/C11H16Cl2N2/c1-2-3-7-10(15-14)11-8(12)5-4-6-9(11)13/h4-6,10,15H,2-3,7,14H2,1H3. The van der Waals surface area contributed by atoms with Crippen molar-refractivity contribution in [3.05, 3.63) is 33.8 Å². The minimum absolute atomic E-state index is 0.0335. The summed E-state index contributed by atoms with van der Waals surface area (Å²) in [5.41, 5.74) is 3.67. The van der Waals surface area contributed by atoms with Crippen molar-refractivity contribution in [2.75, 3.05) is 0 Å². The number of hydrogen-bond donors (Lipinski definition) is 2. The molecule has 0 saturated heterocycles. The Kier molecular flexibility index (Phi) is 5.40. The van der Waals surface area contributed by atoms with Gasteiger partial charge in [0.15, 0.2) is 0 Å². The van der Waals surface area contributed by atoms with Crippen LogP contribution in [0.3, 0.4) is 0 Å². The number of hydrazine groups is 1. The first-order valence-corrected chi connectivity index (χ1v) is 5.86. The molecule has 0 bridgehead atoms. The number of halogens is 2. The van der Waals surface area contributed by atoms with E-state index in [0.29, 0.717) is 10.0 Å². The monoisotopic (exact) mass is 246 g/mol. The van der Waals surface area contributed by atoms with Crippen molar-refractivity contribution in [1.29, 1.82) is 0 Å². The molecule has 84 valence electrons. The van der Waals surface area contributed by atoms with E-state index in [4.69, 9.17) is 29.0 Å². The van der Waals surface area contributed by atoms with Gasteiger partial charge in [-0.3, -0.25) is 11.3 Å². The number of nitrogens with one attached hydrogen (secondary N) is 1. The first kappa shape index (κ1) is 12.8. The lowest BCUT2D eigenvalue weighted by atomic mass is 10.0. The second-order valence-corrected chi connectivity index (χ2v) is 4.31. The number of benzene rings is 1. The molecule has 1 rings (SSSR count). The van der Waals surface area contributed by atoms with Gasteiger partial charge in [-0.2, -0.15) is 0 Å².